The molecule has 0 bridgehead atoms. The monoisotopic (exact) mass is 408 g/mol. The van der Waals surface area contributed by atoms with Crippen LogP contribution in [0.5, 0.6) is 5.75 Å². The predicted octanol–water partition coefficient (Wildman–Crippen LogP) is 5.06. The molecule has 1 aromatic heterocycles. The van der Waals surface area contributed by atoms with Gasteiger partial charge >= 0.3 is 6.36 Å². The SMILES string of the molecule is O=[N+]([O-])c1ccc(OC(F)(F)F)c(C=NNc2nc(-c3ccccc3)cs2)c1. The van der Waals surface area contributed by atoms with Gasteiger partial charge in [-0.3, -0.25) is 15.5 Å². The van der Waals surface area contributed by atoms with Crippen molar-refractivity contribution in [2.45, 2.75) is 6.36 Å². The fourth-order valence-electron chi connectivity index (χ4n) is 2.19. The van der Waals surface area contributed by atoms with Crippen LogP contribution in [-0.4, -0.2) is 22.5 Å². The first-order valence-electron chi connectivity index (χ1n) is 7.66. The number of hydrazone groups is 1. The maximum Gasteiger partial charge on any atom is 0.573 e. The number of ether oxygens (including phenoxy) is 1. The normalized spacial score (nSPS) is 11.5. The lowest BCUT2D eigenvalue weighted by Gasteiger charge is -2.10. The fraction of sp³-hybridized carbons (Fsp3) is 0.0588. The molecule has 0 aliphatic rings. The molecule has 0 saturated carbocycles. The Morgan fingerprint density at radius 1 is 1.21 bits per heavy atom. The van der Waals surface area contributed by atoms with Gasteiger partial charge in [0.05, 0.1) is 16.8 Å². The van der Waals surface area contributed by atoms with E-state index >= 15 is 0 Å². The van der Waals surface area contributed by atoms with Crippen LogP contribution in [0.1, 0.15) is 5.56 Å². The molecule has 0 unspecified atom stereocenters. The van der Waals surface area contributed by atoms with Crippen molar-refractivity contribution >= 4 is 28.4 Å². The van der Waals surface area contributed by atoms with Gasteiger partial charge in [-0.2, -0.15) is 5.10 Å². The summed E-state index contributed by atoms with van der Waals surface area (Å²) in [4.78, 5) is 14.4. The van der Waals surface area contributed by atoms with Crippen LogP contribution in [0.3, 0.4) is 0 Å². The van der Waals surface area contributed by atoms with Gasteiger partial charge in [0.25, 0.3) is 5.69 Å². The minimum Gasteiger partial charge on any atom is -0.405 e. The number of aromatic nitrogens is 1. The first-order chi connectivity index (χ1) is 13.3. The smallest absolute Gasteiger partial charge is 0.405 e. The maximum absolute atomic E-state index is 12.5. The van der Waals surface area contributed by atoms with E-state index in [9.17, 15) is 23.3 Å². The molecule has 0 aliphatic heterocycles. The Labute approximate surface area is 160 Å². The number of halogens is 3. The second kappa shape index (κ2) is 8.05. The number of hydrogen-bond donors (Lipinski definition) is 1. The average molecular weight is 408 g/mol. The molecule has 1 N–H and O–H groups in total. The van der Waals surface area contributed by atoms with Gasteiger partial charge in [-0.1, -0.05) is 30.3 Å². The number of anilines is 1. The lowest BCUT2D eigenvalue weighted by Crippen LogP contribution is -2.18. The van der Waals surface area contributed by atoms with Gasteiger partial charge in [0, 0.05) is 28.6 Å². The van der Waals surface area contributed by atoms with Crippen molar-refractivity contribution < 1.29 is 22.8 Å². The Bertz CT molecular complexity index is 1010. The molecule has 3 aromatic rings. The molecule has 2 aromatic carbocycles. The lowest BCUT2D eigenvalue weighted by molar-refractivity contribution is -0.385. The van der Waals surface area contributed by atoms with Crippen LogP contribution in [0.15, 0.2) is 59.0 Å². The van der Waals surface area contributed by atoms with E-state index in [0.717, 1.165) is 30.0 Å². The van der Waals surface area contributed by atoms with Gasteiger partial charge in [0.1, 0.15) is 5.75 Å². The number of non-ortho nitro benzene ring substituents is 1. The largest absolute Gasteiger partial charge is 0.573 e. The van der Waals surface area contributed by atoms with Crippen molar-refractivity contribution in [3.63, 3.8) is 0 Å². The van der Waals surface area contributed by atoms with E-state index in [4.69, 9.17) is 0 Å². The zero-order valence-corrected chi connectivity index (χ0v) is 14.7. The van der Waals surface area contributed by atoms with Crippen LogP contribution >= 0.6 is 11.3 Å². The zero-order chi connectivity index (χ0) is 20.1. The molecular weight excluding hydrogens is 397 g/mol. The minimum absolute atomic E-state index is 0.209. The van der Waals surface area contributed by atoms with Gasteiger partial charge in [0.15, 0.2) is 0 Å². The number of thiazole rings is 1. The number of hydrogen-bond acceptors (Lipinski definition) is 7. The third-order valence-electron chi connectivity index (χ3n) is 3.37. The van der Waals surface area contributed by atoms with E-state index in [2.05, 4.69) is 20.2 Å². The van der Waals surface area contributed by atoms with Crippen LogP contribution in [0.25, 0.3) is 11.3 Å². The molecule has 11 heteroatoms. The van der Waals surface area contributed by atoms with E-state index in [1.165, 1.54) is 11.3 Å². The summed E-state index contributed by atoms with van der Waals surface area (Å²) in [6.07, 6.45) is -3.94. The van der Waals surface area contributed by atoms with Crippen molar-refractivity contribution in [3.8, 4) is 17.0 Å². The maximum atomic E-state index is 12.5. The highest BCUT2D eigenvalue weighted by molar-refractivity contribution is 7.14. The van der Waals surface area contributed by atoms with Gasteiger partial charge in [-0.05, 0) is 6.07 Å². The molecule has 7 nitrogen and oxygen atoms in total. The molecule has 0 aliphatic carbocycles. The highest BCUT2D eigenvalue weighted by Gasteiger charge is 2.32. The molecule has 0 atom stereocenters. The predicted molar refractivity (Wildman–Crippen MR) is 98.5 cm³/mol. The molecule has 0 amide bonds. The van der Waals surface area contributed by atoms with Gasteiger partial charge in [-0.25, -0.2) is 4.98 Å². The minimum atomic E-state index is -4.94. The summed E-state index contributed by atoms with van der Waals surface area (Å²) in [5, 5.41) is 16.9. The molecule has 0 saturated heterocycles. The number of nitro groups is 1. The van der Waals surface area contributed by atoms with Crippen molar-refractivity contribution in [3.05, 3.63) is 69.6 Å². The Kier molecular flexibility index (Phi) is 5.54. The van der Waals surface area contributed by atoms with Crippen LogP contribution in [-0.2, 0) is 0 Å². The van der Waals surface area contributed by atoms with E-state index < -0.39 is 22.7 Å². The molecule has 0 radical (unpaired) electrons. The fourth-order valence-corrected chi connectivity index (χ4v) is 2.86. The summed E-state index contributed by atoms with van der Waals surface area (Å²) < 4.78 is 41.4. The highest BCUT2D eigenvalue weighted by atomic mass is 32.1. The van der Waals surface area contributed by atoms with Crippen molar-refractivity contribution in [2.75, 3.05) is 5.43 Å². The molecule has 3 rings (SSSR count). The molecule has 28 heavy (non-hydrogen) atoms. The highest BCUT2D eigenvalue weighted by Crippen LogP contribution is 2.29. The summed E-state index contributed by atoms with van der Waals surface area (Å²) in [5.41, 5.74) is 3.60. The first kappa shape index (κ1) is 19.3. The number of nitrogens with one attached hydrogen (secondary N) is 1. The second-order valence-corrected chi connectivity index (χ2v) is 6.16. The molecule has 144 valence electrons. The van der Waals surface area contributed by atoms with Gasteiger partial charge in [0.2, 0.25) is 5.13 Å². The summed E-state index contributed by atoms with van der Waals surface area (Å²) in [6.45, 7) is 0. The third-order valence-corrected chi connectivity index (χ3v) is 4.11. The van der Waals surface area contributed by atoms with Crippen molar-refractivity contribution in [2.24, 2.45) is 5.10 Å². The zero-order valence-electron chi connectivity index (χ0n) is 13.9. The molecular formula is C17H11F3N4O3S. The van der Waals surface area contributed by atoms with E-state index in [1.807, 2.05) is 30.3 Å². The Morgan fingerprint density at radius 2 is 1.96 bits per heavy atom. The topological polar surface area (TPSA) is 89.7 Å². The number of benzene rings is 2. The number of nitrogens with zero attached hydrogens (tertiary/aromatic N) is 3. The number of alkyl halides is 3. The Morgan fingerprint density at radius 3 is 2.64 bits per heavy atom. The second-order valence-electron chi connectivity index (χ2n) is 5.30. The van der Waals surface area contributed by atoms with Crippen LogP contribution in [0, 0.1) is 10.1 Å². The Balaban J connectivity index is 1.78. The number of nitro benzene ring substituents is 1. The van der Waals surface area contributed by atoms with Gasteiger partial charge < -0.3 is 4.74 Å². The standard InChI is InChI=1S/C17H11F3N4O3S/c18-17(19,20)27-15-7-6-13(24(25)26)8-12(15)9-21-23-16-22-14(10-28-16)11-4-2-1-3-5-11/h1-10H,(H,22,23). The third kappa shape index (κ3) is 5.04. The summed E-state index contributed by atoms with van der Waals surface area (Å²) >= 11 is 1.25. The van der Waals surface area contributed by atoms with E-state index in [0.29, 0.717) is 10.8 Å². The first-order valence-corrected chi connectivity index (χ1v) is 8.54. The number of rotatable bonds is 6. The van der Waals surface area contributed by atoms with E-state index in [1.54, 1.807) is 5.38 Å². The molecule has 0 fully saturated rings. The summed E-state index contributed by atoms with van der Waals surface area (Å²) in [7, 11) is 0. The average Bonchev–Trinajstić information content (AvgIpc) is 3.11. The van der Waals surface area contributed by atoms with Gasteiger partial charge in [-0.15, -0.1) is 24.5 Å². The summed E-state index contributed by atoms with van der Waals surface area (Å²) in [6, 6.07) is 12.1. The van der Waals surface area contributed by atoms with E-state index in [-0.39, 0.29) is 5.56 Å². The van der Waals surface area contributed by atoms with Crippen LogP contribution in [0.4, 0.5) is 24.0 Å². The quantitative estimate of drug-likeness (QED) is 0.350. The Hall–Kier alpha value is -3.47. The van der Waals surface area contributed by atoms with Crippen LogP contribution in [0.2, 0.25) is 0 Å². The molecule has 1 heterocycles. The molecule has 0 spiro atoms. The van der Waals surface area contributed by atoms with Crippen LogP contribution < -0.4 is 10.2 Å². The summed E-state index contributed by atoms with van der Waals surface area (Å²) in [5.74, 6) is -0.604. The lowest BCUT2D eigenvalue weighted by atomic mass is 10.2. The van der Waals surface area contributed by atoms with Crippen molar-refractivity contribution in [1.82, 2.24) is 4.98 Å². The van der Waals surface area contributed by atoms with Crippen molar-refractivity contribution in [1.29, 1.82) is 0 Å².